The maximum absolute atomic E-state index is 13.4. The highest BCUT2D eigenvalue weighted by Crippen LogP contribution is 2.43. The van der Waals surface area contributed by atoms with E-state index in [0.717, 1.165) is 29.5 Å². The van der Waals surface area contributed by atoms with E-state index in [4.69, 9.17) is 30.5 Å². The molecule has 1 aliphatic carbocycles. The fourth-order valence-electron chi connectivity index (χ4n) is 4.73. The van der Waals surface area contributed by atoms with E-state index >= 15 is 0 Å². The standard InChI is InChI=1S/C27H33ClN2O8/c1-35-10-8-30(9-11-36-2)25(32)27(26(33)34)37-23-14-17-6-7-21(13-19(17)15-24(23)38-27)29-16-22(31)18-4-3-5-20(28)12-18/h3-5,12,14-15,21-22,29,31H,6-11,13,16H2,1-2H3,(H,33,34)/t21-,22?,27+/m0/s1. The van der Waals surface area contributed by atoms with Gasteiger partial charge in [-0.3, -0.25) is 4.79 Å². The number of ether oxygens (including phenoxy) is 4. The van der Waals surface area contributed by atoms with Crippen LogP contribution in [0.1, 0.15) is 29.2 Å². The first kappa shape index (κ1) is 28.1. The number of nitrogens with one attached hydrogen (secondary N) is 1. The van der Waals surface area contributed by atoms with Crippen LogP contribution in [0.3, 0.4) is 0 Å². The van der Waals surface area contributed by atoms with Crippen LogP contribution in [-0.2, 0) is 31.9 Å². The molecule has 1 aliphatic heterocycles. The highest BCUT2D eigenvalue weighted by atomic mass is 35.5. The van der Waals surface area contributed by atoms with Crippen molar-refractivity contribution < 1.29 is 38.7 Å². The fraction of sp³-hybridized carbons (Fsp3) is 0.481. The third-order valence-electron chi connectivity index (χ3n) is 6.82. The molecule has 0 saturated heterocycles. The number of aliphatic hydroxyl groups is 1. The van der Waals surface area contributed by atoms with Crippen molar-refractivity contribution in [1.82, 2.24) is 10.2 Å². The smallest absolute Gasteiger partial charge is 0.434 e. The Bertz CT molecular complexity index is 1150. The van der Waals surface area contributed by atoms with Gasteiger partial charge in [0.1, 0.15) is 0 Å². The minimum atomic E-state index is -2.52. The lowest BCUT2D eigenvalue weighted by Gasteiger charge is -2.29. The number of carbonyl (C=O) groups is 2. The molecule has 38 heavy (non-hydrogen) atoms. The summed E-state index contributed by atoms with van der Waals surface area (Å²) in [6.45, 7) is 1.10. The second-order valence-electron chi connectivity index (χ2n) is 9.39. The van der Waals surface area contributed by atoms with Gasteiger partial charge in [0, 0.05) is 44.9 Å². The van der Waals surface area contributed by atoms with Crippen molar-refractivity contribution in [1.29, 1.82) is 0 Å². The van der Waals surface area contributed by atoms with E-state index in [1.54, 1.807) is 30.3 Å². The second-order valence-corrected chi connectivity index (χ2v) is 9.83. The first-order valence-corrected chi connectivity index (χ1v) is 12.9. The third kappa shape index (κ3) is 6.05. The molecule has 0 saturated carbocycles. The molecule has 2 aromatic rings. The lowest BCUT2D eigenvalue weighted by molar-refractivity contribution is -0.190. The van der Waals surface area contributed by atoms with Crippen molar-refractivity contribution >= 4 is 23.5 Å². The predicted octanol–water partition coefficient (Wildman–Crippen LogP) is 2.19. The minimum absolute atomic E-state index is 0.0983. The first-order chi connectivity index (χ1) is 18.3. The summed E-state index contributed by atoms with van der Waals surface area (Å²) < 4.78 is 21.6. The number of carboxylic acids is 1. The molecule has 0 fully saturated rings. The summed E-state index contributed by atoms with van der Waals surface area (Å²) in [6.07, 6.45) is 1.49. The van der Waals surface area contributed by atoms with Crippen LogP contribution in [-0.4, -0.2) is 85.9 Å². The SMILES string of the molecule is COCCN(CCOC)C(=O)[C@@]1(C(=O)O)Oc2cc3c(cc2O1)C[C@@H](NCC(O)c1cccc(Cl)c1)CC3. The Hall–Kier alpha value is -2.89. The minimum Gasteiger partial charge on any atom is -0.475 e. The molecule has 10 nitrogen and oxygen atoms in total. The van der Waals surface area contributed by atoms with Crippen LogP contribution >= 0.6 is 11.6 Å². The molecule has 1 heterocycles. The number of aliphatic carboxylic acids is 1. The topological polar surface area (TPSA) is 127 Å². The molecule has 0 radical (unpaired) electrons. The van der Waals surface area contributed by atoms with Gasteiger partial charge >= 0.3 is 17.7 Å². The molecule has 0 bridgehead atoms. The van der Waals surface area contributed by atoms with E-state index in [0.29, 0.717) is 18.0 Å². The molecule has 1 amide bonds. The van der Waals surface area contributed by atoms with Gasteiger partial charge in [-0.2, -0.15) is 0 Å². The molecule has 3 atom stereocenters. The molecule has 2 aromatic carbocycles. The van der Waals surface area contributed by atoms with Gasteiger partial charge in [-0.25, -0.2) is 4.79 Å². The van der Waals surface area contributed by atoms with Gasteiger partial charge in [0.25, 0.3) is 0 Å². The van der Waals surface area contributed by atoms with E-state index in [2.05, 4.69) is 5.32 Å². The molecule has 0 aromatic heterocycles. The molecule has 2 aliphatic rings. The summed E-state index contributed by atoms with van der Waals surface area (Å²) in [4.78, 5) is 27.0. The van der Waals surface area contributed by atoms with Crippen molar-refractivity contribution in [3.8, 4) is 11.5 Å². The maximum atomic E-state index is 13.4. The Morgan fingerprint density at radius 2 is 1.79 bits per heavy atom. The van der Waals surface area contributed by atoms with Gasteiger partial charge < -0.3 is 39.4 Å². The molecule has 3 N–H and O–H groups in total. The number of fused-ring (bicyclic) bond motifs is 2. The van der Waals surface area contributed by atoms with E-state index in [1.165, 1.54) is 19.1 Å². The number of aryl methyl sites for hydroxylation is 1. The van der Waals surface area contributed by atoms with E-state index in [-0.39, 0.29) is 43.8 Å². The van der Waals surface area contributed by atoms with Crippen LogP contribution in [0, 0.1) is 0 Å². The Morgan fingerprint density at radius 1 is 1.13 bits per heavy atom. The summed E-state index contributed by atoms with van der Waals surface area (Å²) >= 11 is 6.04. The maximum Gasteiger partial charge on any atom is 0.434 e. The Morgan fingerprint density at radius 3 is 2.39 bits per heavy atom. The summed E-state index contributed by atoms with van der Waals surface area (Å²) in [7, 11) is 2.99. The van der Waals surface area contributed by atoms with Crippen molar-refractivity contribution in [3.05, 3.63) is 58.1 Å². The number of rotatable bonds is 12. The average Bonchev–Trinajstić information content (AvgIpc) is 3.29. The third-order valence-corrected chi connectivity index (χ3v) is 7.05. The highest BCUT2D eigenvalue weighted by molar-refractivity contribution is 6.30. The Labute approximate surface area is 226 Å². The van der Waals surface area contributed by atoms with Gasteiger partial charge in [-0.05, 0) is 60.2 Å². The van der Waals surface area contributed by atoms with Crippen LogP contribution in [0.25, 0.3) is 0 Å². The lowest BCUT2D eigenvalue weighted by atomic mass is 9.87. The Kier molecular flexibility index (Phi) is 9.11. The molecule has 11 heteroatoms. The second kappa shape index (κ2) is 12.3. The largest absolute Gasteiger partial charge is 0.475 e. The molecule has 206 valence electrons. The number of halogens is 1. The number of nitrogens with zero attached hydrogens (tertiary/aromatic N) is 1. The van der Waals surface area contributed by atoms with Gasteiger partial charge in [0.05, 0.1) is 19.3 Å². The van der Waals surface area contributed by atoms with Crippen LogP contribution in [0.5, 0.6) is 11.5 Å². The van der Waals surface area contributed by atoms with Crippen LogP contribution in [0.15, 0.2) is 36.4 Å². The van der Waals surface area contributed by atoms with Crippen molar-refractivity contribution in [2.24, 2.45) is 0 Å². The highest BCUT2D eigenvalue weighted by Gasteiger charge is 2.59. The summed E-state index contributed by atoms with van der Waals surface area (Å²) in [5, 5.41) is 24.6. The number of carboxylic acid groups (broad SMARTS) is 1. The van der Waals surface area contributed by atoms with Crippen molar-refractivity contribution in [3.63, 3.8) is 0 Å². The lowest BCUT2D eigenvalue weighted by Crippen LogP contribution is -2.60. The monoisotopic (exact) mass is 548 g/mol. The summed E-state index contributed by atoms with van der Waals surface area (Å²) in [5.41, 5.74) is 2.71. The number of amides is 1. The van der Waals surface area contributed by atoms with Crippen LogP contribution in [0.4, 0.5) is 0 Å². The summed E-state index contributed by atoms with van der Waals surface area (Å²) in [6, 6.07) is 10.7. The van der Waals surface area contributed by atoms with Gasteiger partial charge in [0.2, 0.25) is 0 Å². The van der Waals surface area contributed by atoms with E-state index < -0.39 is 23.8 Å². The number of hydrogen-bond donors (Lipinski definition) is 3. The molecule has 4 rings (SSSR count). The number of hydrogen-bond acceptors (Lipinski definition) is 8. The van der Waals surface area contributed by atoms with Crippen LogP contribution in [0.2, 0.25) is 5.02 Å². The predicted molar refractivity (Wildman–Crippen MR) is 139 cm³/mol. The number of carbonyl (C=O) groups excluding carboxylic acids is 1. The fourth-order valence-corrected chi connectivity index (χ4v) is 4.93. The van der Waals surface area contributed by atoms with Gasteiger partial charge in [0.15, 0.2) is 11.5 Å². The molecular weight excluding hydrogens is 516 g/mol. The Balaban J connectivity index is 1.46. The van der Waals surface area contributed by atoms with Gasteiger partial charge in [-0.15, -0.1) is 0 Å². The molecule has 1 unspecified atom stereocenters. The molecule has 0 spiro atoms. The summed E-state index contributed by atoms with van der Waals surface area (Å²) in [5.74, 6) is -4.46. The average molecular weight is 549 g/mol. The van der Waals surface area contributed by atoms with Gasteiger partial charge in [-0.1, -0.05) is 23.7 Å². The number of methoxy groups -OCH3 is 2. The van der Waals surface area contributed by atoms with Crippen LogP contribution < -0.4 is 14.8 Å². The zero-order valence-corrected chi connectivity index (χ0v) is 22.2. The quantitative estimate of drug-likeness (QED) is 0.342. The zero-order valence-electron chi connectivity index (χ0n) is 21.4. The molecular formula is C27H33ClN2O8. The zero-order chi connectivity index (χ0) is 27.3. The van der Waals surface area contributed by atoms with Crippen molar-refractivity contribution in [2.75, 3.05) is 47.1 Å². The van der Waals surface area contributed by atoms with Crippen molar-refractivity contribution in [2.45, 2.75) is 37.2 Å². The number of aliphatic hydroxyl groups excluding tert-OH is 1. The normalized spacial score (nSPS) is 20.6. The first-order valence-electron chi connectivity index (χ1n) is 12.5. The van der Waals surface area contributed by atoms with E-state index in [9.17, 15) is 19.8 Å². The number of benzene rings is 2. The van der Waals surface area contributed by atoms with E-state index in [1.807, 2.05) is 6.07 Å².